The molecule has 0 heterocycles. The molecule has 0 aliphatic heterocycles. The van der Waals surface area contributed by atoms with Gasteiger partial charge in [-0.3, -0.25) is 13.9 Å². The third-order valence-electron chi connectivity index (χ3n) is 5.86. The van der Waals surface area contributed by atoms with Crippen LogP contribution in [0, 0.1) is 12.7 Å². The Labute approximate surface area is 218 Å². The Morgan fingerprint density at radius 1 is 0.946 bits per heavy atom. The van der Waals surface area contributed by atoms with Gasteiger partial charge in [0, 0.05) is 19.5 Å². The Morgan fingerprint density at radius 2 is 1.59 bits per heavy atom. The molecule has 2 amide bonds. The fourth-order valence-electron chi connectivity index (χ4n) is 4.10. The first-order valence-electron chi connectivity index (χ1n) is 12.0. The number of carbonyl (C=O) groups excluding carboxylic acids is 2. The highest BCUT2D eigenvalue weighted by molar-refractivity contribution is 7.92. The number of nitrogens with one attached hydrogen (secondary N) is 1. The van der Waals surface area contributed by atoms with E-state index in [1.165, 1.54) is 23.1 Å². The van der Waals surface area contributed by atoms with Gasteiger partial charge in [-0.25, -0.2) is 12.8 Å². The van der Waals surface area contributed by atoms with Crippen LogP contribution in [0.25, 0.3) is 0 Å². The lowest BCUT2D eigenvalue weighted by Gasteiger charge is -2.33. The number of likely N-dealkylation sites (N-methyl/N-ethyl adjacent to an activating group) is 1. The Hall–Kier alpha value is -3.72. The van der Waals surface area contributed by atoms with Crippen LogP contribution >= 0.6 is 0 Å². The summed E-state index contributed by atoms with van der Waals surface area (Å²) >= 11 is 0. The van der Waals surface area contributed by atoms with Gasteiger partial charge in [0.1, 0.15) is 18.4 Å². The van der Waals surface area contributed by atoms with E-state index < -0.39 is 34.3 Å². The number of hydrogen-bond acceptors (Lipinski definition) is 4. The molecule has 0 saturated carbocycles. The van der Waals surface area contributed by atoms with Gasteiger partial charge in [-0.05, 0) is 37.1 Å². The monoisotopic (exact) mass is 525 g/mol. The molecule has 3 aromatic carbocycles. The maximum atomic E-state index is 14.6. The zero-order valence-electron chi connectivity index (χ0n) is 21.2. The Morgan fingerprint density at radius 3 is 2.22 bits per heavy atom. The summed E-state index contributed by atoms with van der Waals surface area (Å²) in [6, 6.07) is 21.3. The molecule has 0 aliphatic carbocycles. The van der Waals surface area contributed by atoms with Crippen LogP contribution in [0.2, 0.25) is 0 Å². The zero-order chi connectivity index (χ0) is 27.0. The summed E-state index contributed by atoms with van der Waals surface area (Å²) in [4.78, 5) is 28.5. The number of amides is 2. The van der Waals surface area contributed by atoms with Crippen LogP contribution in [0.1, 0.15) is 23.6 Å². The second-order valence-electron chi connectivity index (χ2n) is 8.83. The Kier molecular flexibility index (Phi) is 9.41. The third kappa shape index (κ3) is 7.63. The molecule has 1 N–H and O–H groups in total. The maximum Gasteiger partial charge on any atom is 0.244 e. The van der Waals surface area contributed by atoms with E-state index in [9.17, 15) is 22.4 Å². The van der Waals surface area contributed by atoms with Crippen molar-refractivity contribution in [3.8, 4) is 0 Å². The molecule has 0 aromatic heterocycles. The first kappa shape index (κ1) is 27.9. The predicted octanol–water partition coefficient (Wildman–Crippen LogP) is 3.68. The van der Waals surface area contributed by atoms with Crippen LogP contribution in [-0.4, -0.2) is 50.5 Å². The lowest BCUT2D eigenvalue weighted by molar-refractivity contribution is -0.140. The van der Waals surface area contributed by atoms with Gasteiger partial charge in [-0.2, -0.15) is 0 Å². The molecule has 0 fully saturated rings. The molecule has 0 bridgehead atoms. The Bertz CT molecular complexity index is 1330. The number of benzene rings is 3. The number of rotatable bonds is 11. The number of nitrogens with zero attached hydrogens (tertiary/aromatic N) is 2. The normalized spacial score (nSPS) is 12.0. The predicted molar refractivity (Wildman–Crippen MR) is 143 cm³/mol. The van der Waals surface area contributed by atoms with Crippen LogP contribution in [0.5, 0.6) is 0 Å². The molecule has 3 rings (SSSR count). The number of carbonyl (C=O) groups is 2. The summed E-state index contributed by atoms with van der Waals surface area (Å²) in [6.07, 6.45) is 1.14. The summed E-state index contributed by atoms with van der Waals surface area (Å²) in [5, 5.41) is 2.80. The van der Waals surface area contributed by atoms with E-state index in [1.807, 2.05) is 61.5 Å². The van der Waals surface area contributed by atoms with E-state index in [1.54, 1.807) is 6.92 Å². The minimum atomic E-state index is -4.02. The minimum absolute atomic E-state index is 0.0734. The van der Waals surface area contributed by atoms with Crippen molar-refractivity contribution in [2.75, 3.05) is 23.7 Å². The second kappa shape index (κ2) is 12.5. The number of halogens is 1. The van der Waals surface area contributed by atoms with E-state index in [0.29, 0.717) is 6.54 Å². The van der Waals surface area contributed by atoms with E-state index in [0.717, 1.165) is 33.3 Å². The summed E-state index contributed by atoms with van der Waals surface area (Å²) in [5.74, 6) is -1.75. The lowest BCUT2D eigenvalue weighted by atomic mass is 10.0. The van der Waals surface area contributed by atoms with Crippen molar-refractivity contribution >= 4 is 27.5 Å². The molecule has 3 aromatic rings. The zero-order valence-corrected chi connectivity index (χ0v) is 22.0. The largest absolute Gasteiger partial charge is 0.355 e. The first-order valence-corrected chi connectivity index (χ1v) is 13.8. The average Bonchev–Trinajstić information content (AvgIpc) is 2.85. The molecule has 0 aliphatic rings. The molecule has 0 spiro atoms. The van der Waals surface area contributed by atoms with Crippen molar-refractivity contribution < 1.29 is 22.4 Å². The topological polar surface area (TPSA) is 86.8 Å². The standard InChI is InChI=1S/C28H32FN3O4S/c1-4-30-28(34)26(18-22-12-6-5-7-13-22)31(19-23-14-10-11-21(2)17-23)27(33)20-32(37(3,35)36)25-16-9-8-15-24(25)29/h5-17,26H,4,18-20H2,1-3H3,(H,30,34)/t26-/m0/s1. The molecule has 0 unspecified atom stereocenters. The fourth-order valence-corrected chi connectivity index (χ4v) is 4.95. The molecule has 7 nitrogen and oxygen atoms in total. The summed E-state index contributed by atoms with van der Waals surface area (Å²) in [5.41, 5.74) is 2.38. The highest BCUT2D eigenvalue weighted by Gasteiger charge is 2.33. The number of anilines is 1. The van der Waals surface area contributed by atoms with Crippen molar-refractivity contribution in [3.63, 3.8) is 0 Å². The third-order valence-corrected chi connectivity index (χ3v) is 6.98. The van der Waals surface area contributed by atoms with Gasteiger partial charge in [0.15, 0.2) is 0 Å². The molecule has 0 saturated heterocycles. The van der Waals surface area contributed by atoms with E-state index >= 15 is 0 Å². The molecule has 9 heteroatoms. The lowest BCUT2D eigenvalue weighted by Crippen LogP contribution is -2.53. The summed E-state index contributed by atoms with van der Waals surface area (Å²) in [6.45, 7) is 3.49. The highest BCUT2D eigenvalue weighted by Crippen LogP contribution is 2.23. The van der Waals surface area contributed by atoms with Gasteiger partial charge in [0.05, 0.1) is 11.9 Å². The van der Waals surface area contributed by atoms with Crippen LogP contribution in [0.3, 0.4) is 0 Å². The SMILES string of the molecule is CCNC(=O)[C@H](Cc1ccccc1)N(Cc1cccc(C)c1)C(=O)CN(c1ccccc1F)S(C)(=O)=O. The molecule has 196 valence electrons. The maximum absolute atomic E-state index is 14.6. The van der Waals surface area contributed by atoms with Crippen molar-refractivity contribution in [3.05, 3.63) is 101 Å². The van der Waals surface area contributed by atoms with Crippen molar-refractivity contribution in [1.29, 1.82) is 0 Å². The number of para-hydroxylation sites is 1. The smallest absolute Gasteiger partial charge is 0.244 e. The Balaban J connectivity index is 2.05. The van der Waals surface area contributed by atoms with Gasteiger partial charge in [0.25, 0.3) is 0 Å². The van der Waals surface area contributed by atoms with E-state index in [4.69, 9.17) is 0 Å². The fraction of sp³-hybridized carbons (Fsp3) is 0.286. The average molecular weight is 526 g/mol. The van der Waals surface area contributed by atoms with Crippen LogP contribution < -0.4 is 9.62 Å². The second-order valence-corrected chi connectivity index (χ2v) is 10.7. The minimum Gasteiger partial charge on any atom is -0.355 e. The van der Waals surface area contributed by atoms with Crippen molar-refractivity contribution in [2.45, 2.75) is 32.9 Å². The van der Waals surface area contributed by atoms with Gasteiger partial charge in [0.2, 0.25) is 21.8 Å². The van der Waals surface area contributed by atoms with Crippen molar-refractivity contribution in [1.82, 2.24) is 10.2 Å². The van der Waals surface area contributed by atoms with Crippen LogP contribution in [0.15, 0.2) is 78.9 Å². The van der Waals surface area contributed by atoms with E-state index in [2.05, 4.69) is 5.32 Å². The number of aryl methyl sites for hydroxylation is 1. The molecule has 37 heavy (non-hydrogen) atoms. The van der Waals surface area contributed by atoms with Crippen LogP contribution in [0.4, 0.5) is 10.1 Å². The summed E-state index contributed by atoms with van der Waals surface area (Å²) in [7, 11) is -4.02. The molecule has 1 atom stereocenters. The van der Waals surface area contributed by atoms with E-state index in [-0.39, 0.29) is 24.6 Å². The highest BCUT2D eigenvalue weighted by atomic mass is 32.2. The first-order chi connectivity index (χ1) is 17.6. The van der Waals surface area contributed by atoms with Gasteiger partial charge in [-0.15, -0.1) is 0 Å². The van der Waals surface area contributed by atoms with Crippen molar-refractivity contribution in [2.24, 2.45) is 0 Å². The van der Waals surface area contributed by atoms with Gasteiger partial charge >= 0.3 is 0 Å². The quantitative estimate of drug-likeness (QED) is 0.414. The van der Waals surface area contributed by atoms with Gasteiger partial charge < -0.3 is 10.2 Å². The molecular formula is C28H32FN3O4S. The summed E-state index contributed by atoms with van der Waals surface area (Å²) < 4.78 is 40.6. The molecule has 0 radical (unpaired) electrons. The van der Waals surface area contributed by atoms with Crippen LogP contribution in [-0.2, 0) is 32.6 Å². The number of hydrogen-bond donors (Lipinski definition) is 1. The number of sulfonamides is 1. The molecular weight excluding hydrogens is 493 g/mol. The van der Waals surface area contributed by atoms with Gasteiger partial charge in [-0.1, -0.05) is 72.3 Å².